The second-order valence-corrected chi connectivity index (χ2v) is 12.7. The summed E-state index contributed by atoms with van der Waals surface area (Å²) in [6, 6.07) is 0.977. The molecule has 14 nitrogen and oxygen atoms in total. The molecule has 2 atom stereocenters. The van der Waals surface area contributed by atoms with Crippen LogP contribution in [0.15, 0.2) is 12.1 Å². The number of ketones is 1. The molecule has 14 heteroatoms. The molecule has 0 spiro atoms. The van der Waals surface area contributed by atoms with E-state index >= 15 is 0 Å². The maximum Gasteiger partial charge on any atom is 0.303 e. The standard InChI is InChI=1S/C36H42N6O8/c1-16-10-29-33(35(49)30(15-44)42-36(50)23(37)14-43)34-17(2)9-20(38-34)11-25-18(3)21(5-7-31(45)46)27(40-25)13-28-22(6-8-32(47)48)19(4)26(41-28)12-24(16)39-29/h9-13,23,30,38-41,43-44H,5-8,14-15,37H2,1-4H3,(H,42,50)(H,45,46)(H,47,48)/t23-,30-/m0/s1. The Bertz CT molecular complexity index is 2250. The van der Waals surface area contributed by atoms with Gasteiger partial charge in [-0.2, -0.15) is 0 Å². The Labute approximate surface area is 286 Å². The lowest BCUT2D eigenvalue weighted by molar-refractivity contribution is -0.138. The van der Waals surface area contributed by atoms with Crippen LogP contribution in [-0.4, -0.2) is 89.3 Å². The van der Waals surface area contributed by atoms with Crippen LogP contribution in [0.4, 0.5) is 0 Å². The van der Waals surface area contributed by atoms with E-state index in [0.717, 1.165) is 27.8 Å². The molecule has 50 heavy (non-hydrogen) atoms. The molecule has 0 saturated carbocycles. The number of aromatic nitrogens is 4. The highest BCUT2D eigenvalue weighted by Gasteiger charge is 2.29. The number of aliphatic carboxylic acids is 2. The van der Waals surface area contributed by atoms with Crippen molar-refractivity contribution in [1.82, 2.24) is 25.3 Å². The first-order valence-electron chi connectivity index (χ1n) is 16.2. The summed E-state index contributed by atoms with van der Waals surface area (Å²) in [5.41, 5.74) is 13.0. The molecule has 8 bridgehead atoms. The zero-order valence-corrected chi connectivity index (χ0v) is 28.3. The largest absolute Gasteiger partial charge is 0.481 e. The van der Waals surface area contributed by atoms with Crippen LogP contribution in [0.5, 0.6) is 0 Å². The summed E-state index contributed by atoms with van der Waals surface area (Å²) in [7, 11) is 0. The molecule has 0 radical (unpaired) electrons. The van der Waals surface area contributed by atoms with E-state index in [0.29, 0.717) is 49.7 Å². The van der Waals surface area contributed by atoms with Crippen molar-refractivity contribution in [3.8, 4) is 0 Å². The number of nitrogens with one attached hydrogen (secondary N) is 5. The Kier molecular flexibility index (Phi) is 10.5. The molecule has 1 aliphatic rings. The molecule has 0 aliphatic carbocycles. The van der Waals surface area contributed by atoms with Crippen LogP contribution in [0.1, 0.15) is 69.0 Å². The number of nitrogens with two attached hydrogens (primary N) is 1. The van der Waals surface area contributed by atoms with Crippen LogP contribution in [-0.2, 0) is 32.0 Å². The lowest BCUT2D eigenvalue weighted by Crippen LogP contribution is -2.51. The average Bonchev–Trinajstić information content (AvgIpc) is 3.77. The molecule has 264 valence electrons. The molecule has 1 amide bonds. The monoisotopic (exact) mass is 686 g/mol. The number of aryl methyl sites for hydroxylation is 2. The average molecular weight is 687 g/mol. The second kappa shape index (κ2) is 14.6. The number of fused-ring (bicyclic) bond motifs is 8. The first kappa shape index (κ1) is 35.9. The fourth-order valence-corrected chi connectivity index (χ4v) is 6.35. The van der Waals surface area contributed by atoms with Gasteiger partial charge in [0, 0.05) is 46.0 Å². The van der Waals surface area contributed by atoms with Crippen LogP contribution < -0.4 is 32.4 Å². The van der Waals surface area contributed by atoms with Gasteiger partial charge in [-0.25, -0.2) is 0 Å². The fourth-order valence-electron chi connectivity index (χ4n) is 6.35. The molecular formula is C36H42N6O8. The van der Waals surface area contributed by atoms with Gasteiger partial charge in [0.1, 0.15) is 12.1 Å². The van der Waals surface area contributed by atoms with E-state index in [9.17, 15) is 39.6 Å². The molecule has 4 aromatic heterocycles. The van der Waals surface area contributed by atoms with Crippen LogP contribution >= 0.6 is 0 Å². The van der Waals surface area contributed by atoms with Crippen LogP contribution in [0.25, 0.3) is 23.8 Å². The number of H-pyrrole nitrogens is 4. The number of carbonyl (C=O) groups is 4. The van der Waals surface area contributed by atoms with E-state index in [2.05, 4.69) is 25.3 Å². The minimum absolute atomic E-state index is 0.0974. The number of carbonyl (C=O) groups excluding carboxylic acids is 2. The van der Waals surface area contributed by atoms with Crippen molar-refractivity contribution >= 4 is 47.4 Å². The first-order valence-corrected chi connectivity index (χ1v) is 16.2. The Morgan fingerprint density at radius 3 is 2.04 bits per heavy atom. The van der Waals surface area contributed by atoms with Gasteiger partial charge in [0.15, 0.2) is 5.78 Å². The number of rotatable bonds is 12. The predicted octanol–water partition coefficient (Wildman–Crippen LogP) is -1.37. The number of carboxylic acid groups (broad SMARTS) is 2. The maximum atomic E-state index is 14.3. The molecule has 11 N–H and O–H groups in total. The minimum Gasteiger partial charge on any atom is -0.481 e. The third-order valence-electron chi connectivity index (χ3n) is 9.16. The van der Waals surface area contributed by atoms with Gasteiger partial charge >= 0.3 is 11.9 Å². The maximum absolute atomic E-state index is 14.3. The van der Waals surface area contributed by atoms with Crippen molar-refractivity contribution in [2.24, 2.45) is 5.73 Å². The van der Waals surface area contributed by atoms with E-state index < -0.39 is 48.9 Å². The molecule has 0 saturated heterocycles. The molecule has 4 aromatic rings. The third kappa shape index (κ3) is 7.27. The van der Waals surface area contributed by atoms with E-state index in [1.54, 1.807) is 6.07 Å². The minimum atomic E-state index is -1.38. The number of carboxylic acids is 2. The second-order valence-electron chi connectivity index (χ2n) is 12.7. The number of amides is 1. The Balaban J connectivity index is 1.85. The van der Waals surface area contributed by atoms with Gasteiger partial charge in [-0.05, 0) is 104 Å². The molecular weight excluding hydrogens is 644 g/mol. The summed E-state index contributed by atoms with van der Waals surface area (Å²) in [5, 5.41) is 43.5. The van der Waals surface area contributed by atoms with Crippen molar-refractivity contribution in [3.63, 3.8) is 0 Å². The van der Waals surface area contributed by atoms with Gasteiger partial charge in [-0.15, -0.1) is 0 Å². The van der Waals surface area contributed by atoms with Gasteiger partial charge in [-0.1, -0.05) is 0 Å². The normalized spacial score (nSPS) is 13.5. The highest BCUT2D eigenvalue weighted by atomic mass is 16.4. The lowest BCUT2D eigenvalue weighted by Gasteiger charge is -2.18. The van der Waals surface area contributed by atoms with Gasteiger partial charge in [0.05, 0.1) is 29.8 Å². The van der Waals surface area contributed by atoms with E-state index in [-0.39, 0.29) is 31.3 Å². The molecule has 5 heterocycles. The topological polar surface area (TPSA) is 250 Å². The van der Waals surface area contributed by atoms with E-state index in [1.165, 1.54) is 0 Å². The van der Waals surface area contributed by atoms with Crippen LogP contribution in [0.3, 0.4) is 0 Å². The summed E-state index contributed by atoms with van der Waals surface area (Å²) in [4.78, 5) is 63.6. The van der Waals surface area contributed by atoms with Gasteiger partial charge in [-0.3, -0.25) is 19.2 Å². The molecule has 0 aromatic carbocycles. The number of aliphatic hydroxyl groups is 2. The zero-order valence-electron chi connectivity index (χ0n) is 28.3. The summed E-state index contributed by atoms with van der Waals surface area (Å²) >= 11 is 0. The lowest BCUT2D eigenvalue weighted by atomic mass is 9.99. The summed E-state index contributed by atoms with van der Waals surface area (Å²) in [5.74, 6) is -3.28. The number of aromatic amines is 4. The Hall–Kier alpha value is -5.44. The smallest absolute Gasteiger partial charge is 0.303 e. The van der Waals surface area contributed by atoms with Crippen LogP contribution in [0, 0.1) is 27.7 Å². The van der Waals surface area contributed by atoms with E-state index in [1.807, 2.05) is 52.0 Å². The van der Waals surface area contributed by atoms with Crippen LogP contribution in [0.2, 0.25) is 0 Å². The third-order valence-corrected chi connectivity index (χ3v) is 9.16. The molecule has 5 rings (SSSR count). The Morgan fingerprint density at radius 1 is 0.740 bits per heavy atom. The van der Waals surface area contributed by atoms with Crippen molar-refractivity contribution in [3.05, 3.63) is 89.7 Å². The summed E-state index contributed by atoms with van der Waals surface area (Å²) < 4.78 is 0. The quantitative estimate of drug-likeness (QED) is 0.0843. The highest BCUT2D eigenvalue weighted by molar-refractivity contribution is 6.23. The predicted molar refractivity (Wildman–Crippen MR) is 185 cm³/mol. The van der Waals surface area contributed by atoms with Crippen molar-refractivity contribution < 1.29 is 39.6 Å². The van der Waals surface area contributed by atoms with Crippen molar-refractivity contribution in [1.29, 1.82) is 0 Å². The number of hydrogen-bond acceptors (Lipinski definition) is 7. The molecule has 0 unspecified atom stereocenters. The molecule has 0 fully saturated rings. The van der Waals surface area contributed by atoms with Gasteiger partial charge < -0.3 is 51.4 Å². The first-order chi connectivity index (χ1) is 23.7. The Morgan fingerprint density at radius 2 is 1.40 bits per heavy atom. The van der Waals surface area contributed by atoms with Gasteiger partial charge in [0.2, 0.25) is 5.91 Å². The number of hydrogen-bond donors (Lipinski definition) is 10. The van der Waals surface area contributed by atoms with E-state index in [4.69, 9.17) is 5.73 Å². The summed E-state index contributed by atoms with van der Waals surface area (Å²) in [6.45, 7) is 6.10. The highest BCUT2D eigenvalue weighted by Crippen LogP contribution is 2.23. The van der Waals surface area contributed by atoms with Gasteiger partial charge in [0.25, 0.3) is 0 Å². The fraction of sp³-hybridized carbons (Fsp3) is 0.333. The number of Topliss-reactive ketones (excluding diaryl/α,β-unsaturated/α-hetero) is 1. The molecule has 1 aliphatic heterocycles. The SMILES string of the molecule is Cc1cc2[nH]c1C=c1[nH]c(c(CCC(=O)O)c1C)=Cc1[nH]c(c(C)c1CCC(=O)O)C=c1cc(C)c([nH]1)=C2C(=O)[C@H](CO)NC(=O)[C@@H](N)CO. The summed E-state index contributed by atoms with van der Waals surface area (Å²) in [6.07, 6.45) is 5.92. The number of aliphatic hydroxyl groups excluding tert-OH is 2. The van der Waals surface area contributed by atoms with Crippen molar-refractivity contribution in [2.75, 3.05) is 13.2 Å². The van der Waals surface area contributed by atoms with Crippen molar-refractivity contribution in [2.45, 2.75) is 65.5 Å². The zero-order chi connectivity index (χ0) is 36.4.